The van der Waals surface area contributed by atoms with E-state index in [1.54, 1.807) is 4.31 Å². The molecule has 21 heavy (non-hydrogen) atoms. The van der Waals surface area contributed by atoms with Gasteiger partial charge in [-0.15, -0.1) is 0 Å². The second kappa shape index (κ2) is 8.43. The molecule has 2 fully saturated rings. The molecule has 0 aromatic heterocycles. The molecular formula is C14H29N3O3S. The van der Waals surface area contributed by atoms with E-state index in [0.717, 1.165) is 58.2 Å². The van der Waals surface area contributed by atoms with E-state index in [-0.39, 0.29) is 12.1 Å². The maximum Gasteiger partial charge on any atom is 0.279 e. The van der Waals surface area contributed by atoms with E-state index in [9.17, 15) is 8.42 Å². The molecule has 0 radical (unpaired) electrons. The number of hydrogen-bond acceptors (Lipinski definition) is 4. The van der Waals surface area contributed by atoms with Gasteiger partial charge in [-0.1, -0.05) is 13.3 Å². The zero-order valence-corrected chi connectivity index (χ0v) is 13.8. The van der Waals surface area contributed by atoms with Crippen LogP contribution in [0.4, 0.5) is 0 Å². The molecule has 0 aliphatic carbocycles. The summed E-state index contributed by atoms with van der Waals surface area (Å²) in [6.07, 6.45) is 6.08. The number of rotatable bonds is 8. The predicted molar refractivity (Wildman–Crippen MR) is 83.4 cm³/mol. The zero-order chi connectivity index (χ0) is 15.1. The molecule has 2 atom stereocenters. The average Bonchev–Trinajstić information content (AvgIpc) is 2.99. The van der Waals surface area contributed by atoms with Crippen molar-refractivity contribution in [1.82, 2.24) is 14.3 Å². The van der Waals surface area contributed by atoms with Crippen molar-refractivity contribution in [2.24, 2.45) is 0 Å². The topological polar surface area (TPSA) is 70.7 Å². The first-order valence-electron chi connectivity index (χ1n) is 8.22. The van der Waals surface area contributed by atoms with Gasteiger partial charge in [-0.05, 0) is 38.6 Å². The molecule has 124 valence electrons. The summed E-state index contributed by atoms with van der Waals surface area (Å²) in [5.74, 6) is 0. The normalized spacial score (nSPS) is 28.0. The van der Waals surface area contributed by atoms with Crippen LogP contribution < -0.4 is 10.0 Å². The van der Waals surface area contributed by atoms with Gasteiger partial charge in [0.1, 0.15) is 0 Å². The fraction of sp³-hybridized carbons (Fsp3) is 1.00. The van der Waals surface area contributed by atoms with E-state index in [2.05, 4.69) is 17.0 Å². The van der Waals surface area contributed by atoms with Gasteiger partial charge in [-0.3, -0.25) is 0 Å². The molecule has 2 aliphatic rings. The predicted octanol–water partition coefficient (Wildman–Crippen LogP) is 0.854. The van der Waals surface area contributed by atoms with E-state index < -0.39 is 10.2 Å². The van der Waals surface area contributed by atoms with Gasteiger partial charge in [0.2, 0.25) is 0 Å². The molecule has 7 heteroatoms. The van der Waals surface area contributed by atoms with Crippen LogP contribution in [-0.4, -0.2) is 57.7 Å². The van der Waals surface area contributed by atoms with Crippen LogP contribution >= 0.6 is 0 Å². The molecule has 0 aromatic rings. The Morgan fingerprint density at radius 1 is 1.19 bits per heavy atom. The Balaban J connectivity index is 1.87. The van der Waals surface area contributed by atoms with E-state index >= 15 is 0 Å². The Bertz CT molecular complexity index is 396. The summed E-state index contributed by atoms with van der Waals surface area (Å²) in [5.41, 5.74) is 0. The molecule has 2 N–H and O–H groups in total. The number of nitrogens with one attached hydrogen (secondary N) is 2. The van der Waals surface area contributed by atoms with Crippen molar-refractivity contribution < 1.29 is 13.2 Å². The second-order valence-corrected chi connectivity index (χ2v) is 7.66. The van der Waals surface area contributed by atoms with Crippen molar-refractivity contribution >= 4 is 10.2 Å². The van der Waals surface area contributed by atoms with Gasteiger partial charge in [0.25, 0.3) is 10.2 Å². The highest BCUT2D eigenvalue weighted by Gasteiger charge is 2.32. The summed E-state index contributed by atoms with van der Waals surface area (Å²) < 4.78 is 34.9. The first-order valence-corrected chi connectivity index (χ1v) is 9.66. The van der Waals surface area contributed by atoms with E-state index in [1.807, 2.05) is 0 Å². The molecule has 0 spiro atoms. The first-order chi connectivity index (χ1) is 10.1. The van der Waals surface area contributed by atoms with Gasteiger partial charge in [-0.25, -0.2) is 0 Å². The lowest BCUT2D eigenvalue weighted by atomic mass is 10.1. The number of ether oxygens (including phenoxy) is 1. The standard InChI is InChI=1S/C14H29N3O3S/c1-2-8-15-11-13-6-3-4-9-17(13)21(18,19)16-12-14-7-5-10-20-14/h13-16H,2-12H2,1H3. The van der Waals surface area contributed by atoms with Gasteiger partial charge < -0.3 is 10.1 Å². The molecule has 2 heterocycles. The van der Waals surface area contributed by atoms with Gasteiger partial charge >= 0.3 is 0 Å². The monoisotopic (exact) mass is 319 g/mol. The van der Waals surface area contributed by atoms with Crippen LogP contribution in [0, 0.1) is 0 Å². The Labute approximate surface area is 128 Å². The number of hydrogen-bond donors (Lipinski definition) is 2. The SMILES string of the molecule is CCCNCC1CCCCN1S(=O)(=O)NCC1CCCO1. The van der Waals surface area contributed by atoms with Crippen LogP contribution in [0.5, 0.6) is 0 Å². The van der Waals surface area contributed by atoms with E-state index in [4.69, 9.17) is 4.74 Å². The summed E-state index contributed by atoms with van der Waals surface area (Å²) in [7, 11) is -3.39. The maximum atomic E-state index is 12.5. The van der Waals surface area contributed by atoms with Crippen molar-refractivity contribution in [2.45, 2.75) is 57.6 Å². The minimum absolute atomic E-state index is 0.0428. The highest BCUT2D eigenvalue weighted by Crippen LogP contribution is 2.20. The van der Waals surface area contributed by atoms with Crippen molar-refractivity contribution in [3.63, 3.8) is 0 Å². The third-order valence-corrected chi connectivity index (χ3v) is 5.84. The fourth-order valence-corrected chi connectivity index (χ4v) is 4.53. The molecule has 0 saturated carbocycles. The third kappa shape index (κ3) is 5.17. The largest absolute Gasteiger partial charge is 0.377 e. The molecular weight excluding hydrogens is 290 g/mol. The molecule has 6 nitrogen and oxygen atoms in total. The summed E-state index contributed by atoms with van der Waals surface area (Å²) in [6, 6.07) is 0.0762. The number of nitrogens with zero attached hydrogens (tertiary/aromatic N) is 1. The Morgan fingerprint density at radius 3 is 2.76 bits per heavy atom. The fourth-order valence-electron chi connectivity index (χ4n) is 3.03. The van der Waals surface area contributed by atoms with E-state index in [1.165, 1.54) is 0 Å². The third-order valence-electron chi connectivity index (χ3n) is 4.21. The van der Waals surface area contributed by atoms with Crippen molar-refractivity contribution in [2.75, 3.05) is 32.8 Å². The molecule has 2 unspecified atom stereocenters. The van der Waals surface area contributed by atoms with Crippen LogP contribution in [0.2, 0.25) is 0 Å². The zero-order valence-electron chi connectivity index (χ0n) is 13.0. The number of piperidine rings is 1. The lowest BCUT2D eigenvalue weighted by Crippen LogP contribution is -2.53. The highest BCUT2D eigenvalue weighted by molar-refractivity contribution is 7.87. The lowest BCUT2D eigenvalue weighted by Gasteiger charge is -2.35. The van der Waals surface area contributed by atoms with Gasteiger partial charge in [-0.2, -0.15) is 17.4 Å². The molecule has 2 rings (SSSR count). The lowest BCUT2D eigenvalue weighted by molar-refractivity contribution is 0.113. The van der Waals surface area contributed by atoms with Crippen molar-refractivity contribution in [3.05, 3.63) is 0 Å². The van der Waals surface area contributed by atoms with Crippen molar-refractivity contribution in [1.29, 1.82) is 0 Å². The average molecular weight is 319 g/mol. The molecule has 0 bridgehead atoms. The minimum atomic E-state index is -3.39. The van der Waals surface area contributed by atoms with Crippen LogP contribution in [-0.2, 0) is 14.9 Å². The highest BCUT2D eigenvalue weighted by atomic mass is 32.2. The van der Waals surface area contributed by atoms with Crippen molar-refractivity contribution in [3.8, 4) is 0 Å². The Hall–Kier alpha value is -0.210. The second-order valence-electron chi connectivity index (χ2n) is 5.95. The molecule has 0 amide bonds. The summed E-state index contributed by atoms with van der Waals surface area (Å²) >= 11 is 0. The molecule has 2 aliphatic heterocycles. The first kappa shape index (κ1) is 17.1. The summed E-state index contributed by atoms with van der Waals surface area (Å²) in [5, 5.41) is 3.35. The Morgan fingerprint density at radius 2 is 2.05 bits per heavy atom. The smallest absolute Gasteiger partial charge is 0.279 e. The Kier molecular flexibility index (Phi) is 6.88. The van der Waals surface area contributed by atoms with Crippen LogP contribution in [0.3, 0.4) is 0 Å². The summed E-state index contributed by atoms with van der Waals surface area (Å²) in [4.78, 5) is 0. The molecule has 2 saturated heterocycles. The molecule has 0 aromatic carbocycles. The maximum absolute atomic E-state index is 12.5. The minimum Gasteiger partial charge on any atom is -0.377 e. The van der Waals surface area contributed by atoms with Gasteiger partial charge in [0.15, 0.2) is 0 Å². The van der Waals surface area contributed by atoms with Gasteiger partial charge in [0.05, 0.1) is 6.10 Å². The van der Waals surface area contributed by atoms with E-state index in [0.29, 0.717) is 13.1 Å². The van der Waals surface area contributed by atoms with Crippen LogP contribution in [0.15, 0.2) is 0 Å². The summed E-state index contributed by atoms with van der Waals surface area (Å²) in [6.45, 7) is 5.57. The quantitative estimate of drug-likeness (QED) is 0.651. The van der Waals surface area contributed by atoms with Gasteiger partial charge in [0, 0.05) is 32.3 Å². The van der Waals surface area contributed by atoms with Crippen LogP contribution in [0.25, 0.3) is 0 Å². The van der Waals surface area contributed by atoms with Crippen LogP contribution in [0.1, 0.15) is 45.4 Å².